The van der Waals surface area contributed by atoms with Crippen molar-refractivity contribution in [3.63, 3.8) is 0 Å². The van der Waals surface area contributed by atoms with Gasteiger partial charge in [-0.2, -0.15) is 0 Å². The van der Waals surface area contributed by atoms with Crippen LogP contribution in [0, 0.1) is 0 Å². The summed E-state index contributed by atoms with van der Waals surface area (Å²) in [5, 5.41) is 2.40. The molecule has 1 aliphatic carbocycles. The molecule has 0 aromatic heterocycles. The molecular formula is C15H27N3O. The highest BCUT2D eigenvalue weighted by Gasteiger charge is 2.53. The predicted molar refractivity (Wildman–Crippen MR) is 74.9 cm³/mol. The maximum absolute atomic E-state index is 6.42. The molecule has 0 spiro atoms. The molecule has 0 unspecified atom stereocenters. The van der Waals surface area contributed by atoms with Gasteiger partial charge in [0.2, 0.25) is 0 Å². The highest BCUT2D eigenvalue weighted by molar-refractivity contribution is 5.07. The second-order valence-electron chi connectivity index (χ2n) is 7.07. The van der Waals surface area contributed by atoms with Crippen molar-refractivity contribution >= 4 is 0 Å². The van der Waals surface area contributed by atoms with Crippen LogP contribution in [0.2, 0.25) is 0 Å². The third-order valence-electron chi connectivity index (χ3n) is 5.94. The normalized spacial score (nSPS) is 44.2. The fourth-order valence-electron chi connectivity index (χ4n) is 4.62. The number of likely N-dealkylation sites (tertiary alicyclic amines) is 1. The lowest BCUT2D eigenvalue weighted by Gasteiger charge is -2.57. The Hall–Kier alpha value is -0.160. The lowest BCUT2D eigenvalue weighted by atomic mass is 9.70. The molecule has 0 aromatic carbocycles. The Balaban J connectivity index is 1.42. The molecule has 4 heteroatoms. The minimum atomic E-state index is 0.165. The van der Waals surface area contributed by atoms with Gasteiger partial charge in [0.25, 0.3) is 0 Å². The first kappa shape index (κ1) is 12.6. The quantitative estimate of drug-likeness (QED) is 0.834. The first-order chi connectivity index (χ1) is 9.30. The second kappa shape index (κ2) is 4.69. The summed E-state index contributed by atoms with van der Waals surface area (Å²) >= 11 is 0. The smallest absolute Gasteiger partial charge is 0.0825 e. The fraction of sp³-hybridized carbons (Fsp3) is 1.00. The summed E-state index contributed by atoms with van der Waals surface area (Å²) in [6.45, 7) is 7.05. The Labute approximate surface area is 116 Å². The van der Waals surface area contributed by atoms with Crippen LogP contribution in [0.4, 0.5) is 0 Å². The summed E-state index contributed by atoms with van der Waals surface area (Å²) in [5.41, 5.74) is 4.07. The van der Waals surface area contributed by atoms with E-state index in [0.29, 0.717) is 5.54 Å². The molecule has 5 rings (SSSR count). The number of ether oxygens (including phenoxy) is 1. The molecule has 5 aliphatic rings. The van der Waals surface area contributed by atoms with Gasteiger partial charge in [-0.3, -0.25) is 10.3 Å². The average Bonchev–Trinajstić information content (AvgIpc) is 3.13. The van der Waals surface area contributed by atoms with Gasteiger partial charge in [-0.05, 0) is 58.0 Å². The Morgan fingerprint density at radius 1 is 0.947 bits per heavy atom. The minimum absolute atomic E-state index is 0.165. The average molecular weight is 265 g/mol. The molecule has 19 heavy (non-hydrogen) atoms. The zero-order valence-electron chi connectivity index (χ0n) is 12.0. The van der Waals surface area contributed by atoms with Gasteiger partial charge in [-0.25, -0.2) is 5.01 Å². The number of rotatable bonds is 3. The van der Waals surface area contributed by atoms with Crippen molar-refractivity contribution in [2.45, 2.75) is 56.1 Å². The van der Waals surface area contributed by atoms with Crippen LogP contribution >= 0.6 is 0 Å². The van der Waals surface area contributed by atoms with Crippen molar-refractivity contribution < 1.29 is 4.74 Å². The summed E-state index contributed by atoms with van der Waals surface area (Å²) in [5.74, 6) is 0. The van der Waals surface area contributed by atoms with E-state index < -0.39 is 0 Å². The Morgan fingerprint density at radius 2 is 1.74 bits per heavy atom. The molecule has 0 aromatic rings. The topological polar surface area (TPSA) is 27.7 Å². The van der Waals surface area contributed by atoms with E-state index in [9.17, 15) is 0 Å². The maximum atomic E-state index is 6.42. The van der Waals surface area contributed by atoms with E-state index in [0.717, 1.165) is 19.7 Å². The predicted octanol–water partition coefficient (Wildman–Crippen LogP) is 1.37. The molecule has 2 bridgehead atoms. The van der Waals surface area contributed by atoms with Crippen LogP contribution in [-0.4, -0.2) is 60.4 Å². The molecule has 4 saturated heterocycles. The Morgan fingerprint density at radius 3 is 2.32 bits per heavy atom. The Bertz CT molecular complexity index is 310. The summed E-state index contributed by atoms with van der Waals surface area (Å²) in [4.78, 5) is 2.74. The molecule has 1 N–H and O–H groups in total. The summed E-state index contributed by atoms with van der Waals surface area (Å²) < 4.78 is 6.42. The van der Waals surface area contributed by atoms with Crippen LogP contribution in [0.3, 0.4) is 0 Å². The zero-order valence-corrected chi connectivity index (χ0v) is 12.0. The molecule has 0 atom stereocenters. The standard InChI is InChI=1S/C15H27N3O/c1-2-10-17(9-1)14-4-6-15(7-5-14,19-13-14)12-18-11-3-8-16-18/h16H,1-13H2. The van der Waals surface area contributed by atoms with Crippen molar-refractivity contribution in [1.82, 2.24) is 15.3 Å². The van der Waals surface area contributed by atoms with Gasteiger partial charge in [0, 0.05) is 25.2 Å². The SMILES string of the molecule is C1CNN(CC23CCC(N4CCCC4)(CC2)CO3)C1. The minimum Gasteiger partial charge on any atom is -0.372 e. The molecule has 108 valence electrons. The molecule has 5 fully saturated rings. The van der Waals surface area contributed by atoms with Crippen LogP contribution in [0.1, 0.15) is 44.9 Å². The highest BCUT2D eigenvalue weighted by Crippen LogP contribution is 2.47. The first-order valence-corrected chi connectivity index (χ1v) is 8.18. The number of hydrogen-bond donors (Lipinski definition) is 1. The van der Waals surface area contributed by atoms with Crippen LogP contribution in [0.25, 0.3) is 0 Å². The van der Waals surface area contributed by atoms with E-state index in [1.54, 1.807) is 0 Å². The molecular weight excluding hydrogens is 238 g/mol. The largest absolute Gasteiger partial charge is 0.372 e. The molecule has 1 saturated carbocycles. The van der Waals surface area contributed by atoms with E-state index in [2.05, 4.69) is 15.3 Å². The summed E-state index contributed by atoms with van der Waals surface area (Å²) in [6, 6.07) is 0. The number of hydrogen-bond acceptors (Lipinski definition) is 4. The van der Waals surface area contributed by atoms with Crippen molar-refractivity contribution in [2.75, 3.05) is 39.3 Å². The molecule has 0 radical (unpaired) electrons. The van der Waals surface area contributed by atoms with Crippen LogP contribution in [0.5, 0.6) is 0 Å². The summed E-state index contributed by atoms with van der Waals surface area (Å²) in [6.07, 6.45) is 9.33. The molecule has 4 heterocycles. The first-order valence-electron chi connectivity index (χ1n) is 8.18. The van der Waals surface area contributed by atoms with Gasteiger partial charge in [0.15, 0.2) is 0 Å². The highest BCUT2D eigenvalue weighted by atomic mass is 16.5. The van der Waals surface area contributed by atoms with Crippen molar-refractivity contribution in [1.29, 1.82) is 0 Å². The number of nitrogens with zero attached hydrogens (tertiary/aromatic N) is 2. The molecule has 4 aliphatic heterocycles. The van der Waals surface area contributed by atoms with E-state index in [1.807, 2.05) is 0 Å². The van der Waals surface area contributed by atoms with Gasteiger partial charge >= 0.3 is 0 Å². The molecule has 0 amide bonds. The van der Waals surface area contributed by atoms with Crippen LogP contribution < -0.4 is 5.43 Å². The van der Waals surface area contributed by atoms with Crippen LogP contribution in [-0.2, 0) is 4.74 Å². The van der Waals surface area contributed by atoms with Crippen molar-refractivity contribution in [3.8, 4) is 0 Å². The van der Waals surface area contributed by atoms with E-state index in [4.69, 9.17) is 4.74 Å². The number of fused-ring (bicyclic) bond motifs is 3. The lowest BCUT2D eigenvalue weighted by Crippen LogP contribution is -2.65. The van der Waals surface area contributed by atoms with Crippen molar-refractivity contribution in [2.24, 2.45) is 0 Å². The van der Waals surface area contributed by atoms with Gasteiger partial charge in [0.1, 0.15) is 0 Å². The maximum Gasteiger partial charge on any atom is 0.0825 e. The lowest BCUT2D eigenvalue weighted by molar-refractivity contribution is -0.198. The van der Waals surface area contributed by atoms with E-state index >= 15 is 0 Å². The zero-order chi connectivity index (χ0) is 12.8. The van der Waals surface area contributed by atoms with E-state index in [1.165, 1.54) is 64.6 Å². The van der Waals surface area contributed by atoms with Gasteiger partial charge < -0.3 is 4.74 Å². The third kappa shape index (κ3) is 2.13. The van der Waals surface area contributed by atoms with E-state index in [-0.39, 0.29) is 5.60 Å². The number of hydrazine groups is 1. The van der Waals surface area contributed by atoms with Gasteiger partial charge in [-0.1, -0.05) is 0 Å². The van der Waals surface area contributed by atoms with Crippen molar-refractivity contribution in [3.05, 3.63) is 0 Å². The second-order valence-corrected chi connectivity index (χ2v) is 7.07. The monoisotopic (exact) mass is 265 g/mol. The van der Waals surface area contributed by atoms with Gasteiger partial charge in [0.05, 0.1) is 12.2 Å². The number of nitrogens with one attached hydrogen (secondary N) is 1. The third-order valence-corrected chi connectivity index (χ3v) is 5.94. The molecule has 4 nitrogen and oxygen atoms in total. The van der Waals surface area contributed by atoms with Gasteiger partial charge in [-0.15, -0.1) is 0 Å². The fourth-order valence-corrected chi connectivity index (χ4v) is 4.62. The summed E-state index contributed by atoms with van der Waals surface area (Å²) in [7, 11) is 0. The Kier molecular flexibility index (Phi) is 3.10. The van der Waals surface area contributed by atoms with Crippen LogP contribution in [0.15, 0.2) is 0 Å².